The minimum atomic E-state index is -0.981. The number of rotatable bonds is 2. The highest BCUT2D eigenvalue weighted by atomic mass is 35.5. The highest BCUT2D eigenvalue weighted by Crippen LogP contribution is 2.25. The van der Waals surface area contributed by atoms with E-state index in [4.69, 9.17) is 28.3 Å². The fourth-order valence-corrected chi connectivity index (χ4v) is 1.06. The van der Waals surface area contributed by atoms with Crippen molar-refractivity contribution >= 4 is 35.2 Å². The number of carboxylic acids is 1. The largest absolute Gasteiger partial charge is 0.478 e. The van der Waals surface area contributed by atoms with Crippen LogP contribution in [0.5, 0.6) is 0 Å². The van der Waals surface area contributed by atoms with Crippen molar-refractivity contribution in [3.05, 3.63) is 53.0 Å². The third-order valence-electron chi connectivity index (χ3n) is 1.38. The van der Waals surface area contributed by atoms with Crippen molar-refractivity contribution in [2.24, 2.45) is 0 Å². The molecule has 0 aliphatic rings. The lowest BCUT2D eigenvalue weighted by Crippen LogP contribution is -1.82. The molecule has 2 nitrogen and oxygen atoms in total. The van der Waals surface area contributed by atoms with Crippen molar-refractivity contribution in [1.82, 2.24) is 0 Å². The van der Waals surface area contributed by atoms with E-state index in [1.165, 1.54) is 0 Å². The molecule has 0 bridgehead atoms. The van der Waals surface area contributed by atoms with Gasteiger partial charge in [-0.2, -0.15) is 0 Å². The van der Waals surface area contributed by atoms with E-state index in [2.05, 4.69) is 13.2 Å². The Kier molecular flexibility index (Phi) is 6.50. The van der Waals surface area contributed by atoms with Crippen LogP contribution in [0.4, 0.5) is 0 Å². The third kappa shape index (κ3) is 5.25. The quantitative estimate of drug-likeness (QED) is 0.802. The topological polar surface area (TPSA) is 37.3 Å². The summed E-state index contributed by atoms with van der Waals surface area (Å²) < 4.78 is 0. The molecule has 0 fully saturated rings. The fraction of sp³-hybridized carbons (Fsp3) is 0. The molecule has 0 amide bonds. The zero-order valence-electron chi connectivity index (χ0n) is 7.91. The third-order valence-corrected chi connectivity index (χ3v) is 2.21. The summed E-state index contributed by atoms with van der Waals surface area (Å²) in [5.74, 6) is -0.981. The van der Waals surface area contributed by atoms with Gasteiger partial charge >= 0.3 is 5.97 Å². The van der Waals surface area contributed by atoms with E-state index in [9.17, 15) is 4.79 Å². The lowest BCUT2D eigenvalue weighted by atomic mass is 10.2. The van der Waals surface area contributed by atoms with Crippen LogP contribution < -0.4 is 0 Å². The Bertz CT molecular complexity index is 373. The summed E-state index contributed by atoms with van der Waals surface area (Å²) in [5.41, 5.74) is 0.870. The molecule has 0 unspecified atom stereocenters. The van der Waals surface area contributed by atoms with Crippen molar-refractivity contribution in [2.45, 2.75) is 0 Å². The predicted octanol–water partition coefficient (Wildman–Crippen LogP) is 3.89. The van der Waals surface area contributed by atoms with Crippen molar-refractivity contribution in [3.8, 4) is 0 Å². The first kappa shape index (κ1) is 13.8. The summed E-state index contributed by atoms with van der Waals surface area (Å²) in [6.45, 7) is 6.55. The Morgan fingerprint density at radius 3 is 2.20 bits per heavy atom. The normalized spacial score (nSPS) is 8.40. The van der Waals surface area contributed by atoms with Gasteiger partial charge in [-0.15, -0.1) is 0 Å². The second-order valence-electron chi connectivity index (χ2n) is 2.39. The van der Waals surface area contributed by atoms with Gasteiger partial charge < -0.3 is 5.11 Å². The molecule has 1 aromatic rings. The van der Waals surface area contributed by atoms with Crippen LogP contribution in [0, 0.1) is 0 Å². The van der Waals surface area contributed by atoms with Gasteiger partial charge in [0, 0.05) is 6.08 Å². The molecule has 0 aliphatic heterocycles. The Morgan fingerprint density at radius 2 is 1.87 bits per heavy atom. The summed E-state index contributed by atoms with van der Waals surface area (Å²) in [7, 11) is 0. The molecule has 0 spiro atoms. The average Bonchev–Trinajstić information content (AvgIpc) is 2.23. The van der Waals surface area contributed by atoms with Crippen molar-refractivity contribution in [3.63, 3.8) is 0 Å². The van der Waals surface area contributed by atoms with Crippen molar-refractivity contribution < 1.29 is 9.90 Å². The van der Waals surface area contributed by atoms with Gasteiger partial charge in [0.2, 0.25) is 0 Å². The maximum absolute atomic E-state index is 9.25. The van der Waals surface area contributed by atoms with Crippen LogP contribution in [-0.2, 0) is 4.79 Å². The molecule has 80 valence electrons. The Hall–Kier alpha value is -1.25. The number of aliphatic carboxylic acids is 1. The van der Waals surface area contributed by atoms with Crippen molar-refractivity contribution in [1.29, 1.82) is 0 Å². The lowest BCUT2D eigenvalue weighted by Gasteiger charge is -1.97. The molecule has 0 heterocycles. The second kappa shape index (κ2) is 7.10. The molecule has 0 radical (unpaired) electrons. The number of hydrogen-bond acceptors (Lipinski definition) is 1. The molecule has 0 saturated heterocycles. The standard InChI is InChI=1S/C8H6Cl2.C3H4O2/c1-2-6-4-3-5-7(9)8(6)10;1-2-3(4)5/h2-5H,1H2;2H,1H2,(H,4,5). The number of carbonyl (C=O) groups is 1. The minimum Gasteiger partial charge on any atom is -0.478 e. The van der Waals surface area contributed by atoms with Gasteiger partial charge in [0.15, 0.2) is 0 Å². The fourth-order valence-electron chi connectivity index (χ4n) is 0.678. The van der Waals surface area contributed by atoms with E-state index >= 15 is 0 Å². The van der Waals surface area contributed by atoms with Crippen LogP contribution in [0.15, 0.2) is 37.4 Å². The van der Waals surface area contributed by atoms with Gasteiger partial charge in [0.05, 0.1) is 10.0 Å². The number of benzene rings is 1. The highest BCUT2D eigenvalue weighted by molar-refractivity contribution is 6.42. The second-order valence-corrected chi connectivity index (χ2v) is 3.17. The van der Waals surface area contributed by atoms with Gasteiger partial charge in [-0.05, 0) is 11.6 Å². The summed E-state index contributed by atoms with van der Waals surface area (Å²) in [6, 6.07) is 5.45. The molecule has 1 aromatic carbocycles. The Labute approximate surface area is 98.4 Å². The molecule has 15 heavy (non-hydrogen) atoms. The van der Waals surface area contributed by atoms with Gasteiger partial charge in [-0.25, -0.2) is 4.79 Å². The van der Waals surface area contributed by atoms with E-state index in [1.54, 1.807) is 12.1 Å². The zero-order chi connectivity index (χ0) is 11.8. The maximum atomic E-state index is 9.25. The monoisotopic (exact) mass is 244 g/mol. The van der Waals surface area contributed by atoms with Gasteiger partial charge in [0.1, 0.15) is 0 Å². The van der Waals surface area contributed by atoms with Crippen LogP contribution in [0.1, 0.15) is 5.56 Å². The molecule has 0 saturated carbocycles. The van der Waals surface area contributed by atoms with Crippen LogP contribution >= 0.6 is 23.2 Å². The first-order valence-electron chi connectivity index (χ1n) is 3.94. The smallest absolute Gasteiger partial charge is 0.327 e. The summed E-state index contributed by atoms with van der Waals surface area (Å²) >= 11 is 11.5. The van der Waals surface area contributed by atoms with Crippen LogP contribution in [0.2, 0.25) is 10.0 Å². The Balaban J connectivity index is 0.000000336. The van der Waals surface area contributed by atoms with E-state index in [0.717, 1.165) is 11.6 Å². The highest BCUT2D eigenvalue weighted by Gasteiger charge is 1.98. The minimum absolute atomic E-state index is 0.569. The maximum Gasteiger partial charge on any atom is 0.327 e. The van der Waals surface area contributed by atoms with Crippen LogP contribution in [0.25, 0.3) is 6.08 Å². The van der Waals surface area contributed by atoms with E-state index in [-0.39, 0.29) is 0 Å². The molecular weight excluding hydrogens is 235 g/mol. The van der Waals surface area contributed by atoms with Gasteiger partial charge in [-0.1, -0.05) is 54.6 Å². The van der Waals surface area contributed by atoms with E-state index < -0.39 is 5.97 Å². The number of carboxylic acid groups (broad SMARTS) is 1. The van der Waals surface area contributed by atoms with Gasteiger partial charge in [-0.3, -0.25) is 0 Å². The molecule has 1 N–H and O–H groups in total. The summed E-state index contributed by atoms with van der Waals surface area (Å²) in [6.07, 6.45) is 2.51. The first-order valence-corrected chi connectivity index (χ1v) is 4.70. The zero-order valence-corrected chi connectivity index (χ0v) is 9.42. The summed E-state index contributed by atoms with van der Waals surface area (Å²) in [5, 5.41) is 8.74. The predicted molar refractivity (Wildman–Crippen MR) is 64.4 cm³/mol. The lowest BCUT2D eigenvalue weighted by molar-refractivity contribution is -0.131. The summed E-state index contributed by atoms with van der Waals surface area (Å²) in [4.78, 5) is 9.25. The Morgan fingerprint density at radius 1 is 1.33 bits per heavy atom. The SMILES string of the molecule is C=CC(=O)O.C=Cc1cccc(Cl)c1Cl. The molecule has 0 aromatic heterocycles. The van der Waals surface area contributed by atoms with Crippen molar-refractivity contribution in [2.75, 3.05) is 0 Å². The molecular formula is C11H10Cl2O2. The van der Waals surface area contributed by atoms with Gasteiger partial charge in [0.25, 0.3) is 0 Å². The molecule has 1 rings (SSSR count). The first-order chi connectivity index (χ1) is 7.02. The number of halogens is 2. The molecule has 0 aliphatic carbocycles. The number of hydrogen-bond donors (Lipinski definition) is 1. The van der Waals surface area contributed by atoms with Crippen LogP contribution in [-0.4, -0.2) is 11.1 Å². The average molecular weight is 245 g/mol. The van der Waals surface area contributed by atoms with E-state index in [1.807, 2.05) is 12.1 Å². The molecule has 0 atom stereocenters. The van der Waals surface area contributed by atoms with E-state index in [0.29, 0.717) is 10.0 Å². The molecule has 4 heteroatoms. The van der Waals surface area contributed by atoms with Crippen LogP contribution in [0.3, 0.4) is 0 Å².